The van der Waals surface area contributed by atoms with Gasteiger partial charge in [0.05, 0.1) is 9.82 Å². The van der Waals surface area contributed by atoms with Crippen molar-refractivity contribution in [1.29, 1.82) is 0 Å². The first-order chi connectivity index (χ1) is 11.8. The molecule has 25 heavy (non-hydrogen) atoms. The van der Waals surface area contributed by atoms with Crippen molar-refractivity contribution >= 4 is 15.7 Å². The molecule has 2 rings (SSSR count). The van der Waals surface area contributed by atoms with Crippen LogP contribution >= 0.6 is 0 Å². The Morgan fingerprint density at radius 1 is 1.08 bits per heavy atom. The third kappa shape index (κ3) is 4.58. The fourth-order valence-electron chi connectivity index (χ4n) is 2.07. The molecule has 0 atom stereocenters. The summed E-state index contributed by atoms with van der Waals surface area (Å²) in [7, 11) is -3.72. The quantitative estimate of drug-likeness (QED) is 0.355. The van der Waals surface area contributed by atoms with Gasteiger partial charge in [0.25, 0.3) is 15.7 Å². The average Bonchev–Trinajstić information content (AvgIpc) is 2.59. The third-order valence-corrected chi connectivity index (χ3v) is 5.16. The van der Waals surface area contributed by atoms with Crippen LogP contribution in [0, 0.1) is 29.0 Å². The standard InChI is InChI=1S/C18H18N2O4S/c1-3-13-19(25(23,24)18-10-4-15(2)5-11-18)14-12-16-6-8-17(9-7-16)20(21)22/h4-11H,3,13H2,1-2H3. The summed E-state index contributed by atoms with van der Waals surface area (Å²) in [5, 5.41) is 10.7. The number of non-ortho nitro benzene ring substituents is 1. The summed E-state index contributed by atoms with van der Waals surface area (Å²) in [5.74, 6) is 2.76. The van der Waals surface area contributed by atoms with Crippen molar-refractivity contribution in [3.63, 3.8) is 0 Å². The Labute approximate surface area is 147 Å². The zero-order chi connectivity index (χ0) is 18.4. The Morgan fingerprint density at radius 3 is 2.20 bits per heavy atom. The van der Waals surface area contributed by atoms with Crippen molar-refractivity contribution in [2.45, 2.75) is 25.2 Å². The molecule has 0 saturated carbocycles. The minimum absolute atomic E-state index is 0.0387. The van der Waals surface area contributed by atoms with Crippen molar-refractivity contribution < 1.29 is 13.3 Å². The maximum Gasteiger partial charge on any atom is 0.270 e. The van der Waals surface area contributed by atoms with Gasteiger partial charge in [-0.2, -0.15) is 0 Å². The Bertz CT molecular complexity index is 908. The van der Waals surface area contributed by atoms with Crippen molar-refractivity contribution in [2.75, 3.05) is 6.54 Å². The lowest BCUT2D eigenvalue weighted by Gasteiger charge is -2.17. The van der Waals surface area contributed by atoms with Gasteiger partial charge in [0.15, 0.2) is 0 Å². The highest BCUT2D eigenvalue weighted by atomic mass is 32.2. The maximum atomic E-state index is 12.7. The third-order valence-electron chi connectivity index (χ3n) is 3.44. The van der Waals surface area contributed by atoms with Crippen molar-refractivity contribution in [1.82, 2.24) is 4.31 Å². The Balaban J connectivity index is 2.32. The van der Waals surface area contributed by atoms with Crippen molar-refractivity contribution in [3.05, 3.63) is 69.8 Å². The molecule has 0 aliphatic heterocycles. The molecule has 0 heterocycles. The van der Waals surface area contributed by atoms with E-state index in [1.165, 1.54) is 24.3 Å². The van der Waals surface area contributed by atoms with Crippen LogP contribution in [0.25, 0.3) is 0 Å². The molecule has 0 amide bonds. The van der Waals surface area contributed by atoms with Crippen LogP contribution in [0.5, 0.6) is 0 Å². The number of rotatable bonds is 5. The molecule has 0 bridgehead atoms. The largest absolute Gasteiger partial charge is 0.270 e. The van der Waals surface area contributed by atoms with E-state index in [4.69, 9.17) is 0 Å². The van der Waals surface area contributed by atoms with Gasteiger partial charge in [-0.05, 0) is 43.5 Å². The molecule has 6 nitrogen and oxygen atoms in total. The minimum atomic E-state index is -3.72. The fraction of sp³-hybridized carbons (Fsp3) is 0.222. The summed E-state index contributed by atoms with van der Waals surface area (Å²) >= 11 is 0. The molecule has 7 heteroatoms. The van der Waals surface area contributed by atoms with Gasteiger partial charge in [-0.25, -0.2) is 12.7 Å². The molecular weight excluding hydrogens is 340 g/mol. The smallest absolute Gasteiger partial charge is 0.258 e. The lowest BCUT2D eigenvalue weighted by Crippen LogP contribution is -2.27. The maximum absolute atomic E-state index is 12.7. The molecule has 2 aromatic rings. The van der Waals surface area contributed by atoms with Crippen LogP contribution < -0.4 is 0 Å². The lowest BCUT2D eigenvalue weighted by atomic mass is 10.2. The van der Waals surface area contributed by atoms with Crippen LogP contribution in [0.3, 0.4) is 0 Å². The topological polar surface area (TPSA) is 80.5 Å². The van der Waals surface area contributed by atoms with Crippen molar-refractivity contribution in [3.8, 4) is 12.0 Å². The molecule has 0 aliphatic rings. The van der Waals surface area contributed by atoms with E-state index < -0.39 is 14.9 Å². The Morgan fingerprint density at radius 2 is 1.68 bits per heavy atom. The first-order valence-electron chi connectivity index (χ1n) is 7.70. The number of hydrogen-bond acceptors (Lipinski definition) is 4. The second kappa shape index (κ2) is 7.81. The summed E-state index contributed by atoms with van der Waals surface area (Å²) in [6, 6.07) is 14.9. The monoisotopic (exact) mass is 358 g/mol. The fourth-order valence-corrected chi connectivity index (χ4v) is 3.39. The summed E-state index contributed by atoms with van der Waals surface area (Å²) in [6.07, 6.45) is 0.611. The first kappa shape index (κ1) is 18.5. The van der Waals surface area contributed by atoms with E-state index >= 15 is 0 Å². The number of nitro benzene ring substituents is 1. The SMILES string of the molecule is CCCN(C#Cc1ccc([N+](=O)[O-])cc1)S(=O)(=O)c1ccc(C)cc1. The van der Waals surface area contributed by atoms with Gasteiger partial charge in [0.1, 0.15) is 0 Å². The average molecular weight is 358 g/mol. The van der Waals surface area contributed by atoms with E-state index in [0.29, 0.717) is 12.0 Å². The van der Waals surface area contributed by atoms with E-state index in [-0.39, 0.29) is 17.1 Å². The molecule has 0 spiro atoms. The molecule has 0 fully saturated rings. The van der Waals surface area contributed by atoms with Gasteiger partial charge in [0, 0.05) is 30.3 Å². The molecule has 0 radical (unpaired) electrons. The molecule has 130 valence electrons. The number of sulfonamides is 1. The summed E-state index contributed by atoms with van der Waals surface area (Å²) in [4.78, 5) is 10.3. The normalized spacial score (nSPS) is 10.6. The van der Waals surface area contributed by atoms with Crippen molar-refractivity contribution in [2.24, 2.45) is 0 Å². The van der Waals surface area contributed by atoms with Crippen LogP contribution in [0.4, 0.5) is 5.69 Å². The second-order valence-electron chi connectivity index (χ2n) is 5.43. The predicted molar refractivity (Wildman–Crippen MR) is 95.3 cm³/mol. The molecule has 0 aromatic heterocycles. The Hall–Kier alpha value is -2.85. The lowest BCUT2D eigenvalue weighted by molar-refractivity contribution is -0.384. The van der Waals surface area contributed by atoms with Gasteiger partial charge in [-0.1, -0.05) is 24.6 Å². The number of benzene rings is 2. The number of hydrogen-bond donors (Lipinski definition) is 0. The molecule has 0 N–H and O–H groups in total. The van der Waals surface area contributed by atoms with Crippen LogP contribution in [0.15, 0.2) is 53.4 Å². The highest BCUT2D eigenvalue weighted by Crippen LogP contribution is 2.16. The van der Waals surface area contributed by atoms with E-state index in [2.05, 4.69) is 12.0 Å². The molecule has 0 saturated heterocycles. The predicted octanol–water partition coefficient (Wildman–Crippen LogP) is 3.31. The van der Waals surface area contributed by atoms with Gasteiger partial charge < -0.3 is 0 Å². The summed E-state index contributed by atoms with van der Waals surface area (Å²) in [6.45, 7) is 4.01. The zero-order valence-electron chi connectivity index (χ0n) is 14.0. The van der Waals surface area contributed by atoms with Gasteiger partial charge in [0.2, 0.25) is 0 Å². The number of aryl methyl sites for hydroxylation is 1. The molecule has 0 aliphatic carbocycles. The van der Waals surface area contributed by atoms with E-state index in [1.807, 2.05) is 13.8 Å². The highest BCUT2D eigenvalue weighted by Gasteiger charge is 2.21. The van der Waals surface area contributed by atoms with Crippen LogP contribution in [0.1, 0.15) is 24.5 Å². The minimum Gasteiger partial charge on any atom is -0.258 e. The van der Waals surface area contributed by atoms with Crippen LogP contribution in [-0.4, -0.2) is 24.2 Å². The van der Waals surface area contributed by atoms with Gasteiger partial charge in [-0.3, -0.25) is 10.1 Å². The van der Waals surface area contributed by atoms with E-state index in [9.17, 15) is 18.5 Å². The zero-order valence-corrected chi connectivity index (χ0v) is 14.8. The van der Waals surface area contributed by atoms with Gasteiger partial charge in [-0.15, -0.1) is 0 Å². The van der Waals surface area contributed by atoms with E-state index in [0.717, 1.165) is 9.87 Å². The van der Waals surface area contributed by atoms with E-state index in [1.54, 1.807) is 24.3 Å². The molecular formula is C18H18N2O4S. The first-order valence-corrected chi connectivity index (χ1v) is 9.14. The molecule has 0 unspecified atom stereocenters. The number of nitro groups is 1. The summed E-state index contributed by atoms with van der Waals surface area (Å²) in [5.41, 5.74) is 1.44. The summed E-state index contributed by atoms with van der Waals surface area (Å²) < 4.78 is 26.6. The van der Waals surface area contributed by atoms with Crippen LogP contribution in [0.2, 0.25) is 0 Å². The number of nitrogens with zero attached hydrogens (tertiary/aromatic N) is 2. The second-order valence-corrected chi connectivity index (χ2v) is 7.29. The van der Waals surface area contributed by atoms with Gasteiger partial charge >= 0.3 is 0 Å². The highest BCUT2D eigenvalue weighted by molar-refractivity contribution is 7.89. The Kier molecular flexibility index (Phi) is 5.78. The van der Waals surface area contributed by atoms with Crippen LogP contribution in [-0.2, 0) is 10.0 Å². The molecule has 2 aromatic carbocycles.